The molecule has 0 aromatic heterocycles. The van der Waals surface area contributed by atoms with Crippen LogP contribution in [0, 0.1) is 5.41 Å². The van der Waals surface area contributed by atoms with Gasteiger partial charge in [-0.05, 0) is 33.0 Å². The number of nitrogens with zero attached hydrogens (tertiary/aromatic N) is 1. The maximum Gasteiger partial charge on any atom is 0.253 e. The van der Waals surface area contributed by atoms with E-state index in [1.807, 2.05) is 0 Å². The second-order valence-electron chi connectivity index (χ2n) is 7.76. The van der Waals surface area contributed by atoms with Crippen LogP contribution in [-0.4, -0.2) is 67.7 Å². The van der Waals surface area contributed by atoms with Crippen molar-refractivity contribution < 1.29 is 84.1 Å². The first-order chi connectivity index (χ1) is 28.4. The molecule has 1 aliphatic heterocycles. The number of methoxy groups -OCH3 is 1. The average Bonchev–Trinajstić information content (AvgIpc) is 3.64. The highest BCUT2D eigenvalue weighted by molar-refractivity contribution is 6.12. The third kappa shape index (κ3) is 65.7. The highest BCUT2D eigenvalue weighted by Gasteiger charge is 2.27. The van der Waals surface area contributed by atoms with Gasteiger partial charge in [-0.3, -0.25) is 19.3 Å². The van der Waals surface area contributed by atoms with Gasteiger partial charge in [-0.2, -0.15) is 0 Å². The van der Waals surface area contributed by atoms with Crippen molar-refractivity contribution in [1.29, 1.82) is 0 Å². The van der Waals surface area contributed by atoms with Crippen LogP contribution in [0.15, 0.2) is 156 Å². The minimum Gasteiger partial charge on any atom is -0.497 e. The molecule has 1 unspecified atom stereocenters. The van der Waals surface area contributed by atoms with Crippen LogP contribution in [0.1, 0.15) is 39.0 Å². The molecule has 0 aliphatic carbocycles. The smallest absolute Gasteiger partial charge is 0.253 e. The number of rotatable bonds is 26. The molecule has 0 saturated heterocycles. The lowest BCUT2D eigenvalue weighted by Crippen LogP contribution is -2.31. The number of unbranched alkanes of at least 4 members (excludes halogenated alkanes) is 2. The monoisotopic (exact) mass is 837 g/mol. The zero-order valence-corrected chi connectivity index (χ0v) is 34.9. The van der Waals surface area contributed by atoms with Crippen LogP contribution in [0.4, 0.5) is 0 Å². The van der Waals surface area contributed by atoms with Crippen LogP contribution < -0.4 is 0 Å². The number of hydrogen-bond acceptors (Lipinski definition) is 17. The van der Waals surface area contributed by atoms with Gasteiger partial charge in [0, 0.05) is 69.3 Å². The van der Waals surface area contributed by atoms with E-state index in [2.05, 4.69) is 191 Å². The van der Waals surface area contributed by atoms with E-state index in [0.717, 1.165) is 17.4 Å². The molecule has 0 spiro atoms. The highest BCUT2D eigenvalue weighted by Crippen LogP contribution is 2.23. The summed E-state index contributed by atoms with van der Waals surface area (Å²) in [6.45, 7) is 62.0. The lowest BCUT2D eigenvalue weighted by Gasteiger charge is -2.25. The molecule has 2 amide bonds. The molecule has 18 nitrogen and oxygen atoms in total. The first-order valence-electron chi connectivity index (χ1n) is 16.1. The highest BCUT2D eigenvalue weighted by atomic mass is 17.9. The van der Waals surface area contributed by atoms with Crippen LogP contribution in [0.3, 0.4) is 0 Å². The molecule has 0 aromatic rings. The maximum absolute atomic E-state index is 12.3. The van der Waals surface area contributed by atoms with Gasteiger partial charge in [-0.1, -0.05) is 13.3 Å². The summed E-state index contributed by atoms with van der Waals surface area (Å²) in [7, 11) is 1.45. The molecule has 0 saturated carbocycles. The number of carbonyl (C=O) groups is 3. The standard InChI is InChI=1S/C20H31NO17.10C2H4/c1-20(15-22,14-17(23)6-4-3-5-9-21-18(24)7-8-19(21)25)16-27-11-13-29-31-33-35-37-38-36-34-32-30-28-12-10-26-2;10*1-2/h7-8,11,13,22H,3-6,9-10,12,14-16H2,1-2H3;10*1-2H2/b13-11-;;;;;;;;;;. The van der Waals surface area contributed by atoms with Crippen molar-refractivity contribution in [1.82, 2.24) is 4.90 Å². The Morgan fingerprint density at radius 3 is 1.45 bits per heavy atom. The van der Waals surface area contributed by atoms with E-state index < -0.39 is 5.41 Å². The molecule has 1 N–H and O–H groups in total. The fraction of sp³-hybridized carbons (Fsp3) is 0.325. The van der Waals surface area contributed by atoms with Gasteiger partial charge in [0.1, 0.15) is 18.7 Å². The third-order valence-corrected chi connectivity index (χ3v) is 4.56. The Labute approximate surface area is 347 Å². The summed E-state index contributed by atoms with van der Waals surface area (Å²) in [5.74, 6) is -0.701. The Hall–Kier alpha value is -5.19. The van der Waals surface area contributed by atoms with Crippen molar-refractivity contribution in [3.8, 4) is 0 Å². The van der Waals surface area contributed by atoms with Crippen LogP contribution >= 0.6 is 0 Å². The molecular weight excluding hydrogens is 766 g/mol. The van der Waals surface area contributed by atoms with Gasteiger partial charge in [0.2, 0.25) is 0 Å². The first kappa shape index (κ1) is 77.3. The fourth-order valence-corrected chi connectivity index (χ4v) is 2.74. The van der Waals surface area contributed by atoms with Crippen LogP contribution in [0.5, 0.6) is 0 Å². The average molecular weight is 838 g/mol. The number of amides is 2. The molecule has 0 bridgehead atoms. The van der Waals surface area contributed by atoms with Crippen molar-refractivity contribution in [2.75, 3.05) is 40.1 Å². The number of carbonyl (C=O) groups excluding carboxylic acids is 3. The number of Topliss-reactive ketones (excluding diaryl/α,β-unsaturated/α-hetero) is 1. The SMILES string of the molecule is C=C.C=C.C=C.C=C.C=C.C=C.C=C.C=C.C=C.C=C.COCCOOOOOOOOOOO/C=C\OCC(C)(CO)CC(=O)CCCCCN1C(=O)C=CC1=O. The van der Waals surface area contributed by atoms with Gasteiger partial charge >= 0.3 is 0 Å². The Morgan fingerprint density at radius 1 is 0.621 bits per heavy atom. The molecule has 58 heavy (non-hydrogen) atoms. The number of ether oxygens (including phenoxy) is 2. The number of aliphatic hydroxyl groups is 1. The van der Waals surface area contributed by atoms with Crippen LogP contribution in [0.25, 0.3) is 0 Å². The van der Waals surface area contributed by atoms with Crippen LogP contribution in [0.2, 0.25) is 0 Å². The van der Waals surface area contributed by atoms with E-state index in [1.165, 1.54) is 19.3 Å². The van der Waals surface area contributed by atoms with Gasteiger partial charge in [0.05, 0.1) is 19.8 Å². The van der Waals surface area contributed by atoms with Gasteiger partial charge in [0.15, 0.2) is 6.26 Å². The minimum absolute atomic E-state index is 0.00383. The summed E-state index contributed by atoms with van der Waals surface area (Å²) in [5.41, 5.74) is -0.833. The van der Waals surface area contributed by atoms with Crippen molar-refractivity contribution in [3.05, 3.63) is 156 Å². The molecule has 0 fully saturated rings. The summed E-state index contributed by atoms with van der Waals surface area (Å²) in [5, 5.41) is 44.2. The first-order valence-corrected chi connectivity index (χ1v) is 16.1. The van der Waals surface area contributed by atoms with E-state index in [0.29, 0.717) is 32.2 Å². The van der Waals surface area contributed by atoms with Gasteiger partial charge < -0.3 is 19.5 Å². The van der Waals surface area contributed by atoms with Gasteiger partial charge in [-0.25, -0.2) is 4.89 Å². The predicted octanol–water partition coefficient (Wildman–Crippen LogP) is 8.92. The zero-order valence-electron chi connectivity index (χ0n) is 34.9. The number of aliphatic hydroxyl groups excluding tert-OH is 1. The Balaban J connectivity index is -0.000000125. The van der Waals surface area contributed by atoms with E-state index in [-0.39, 0.29) is 50.4 Å². The van der Waals surface area contributed by atoms with Crippen molar-refractivity contribution in [3.63, 3.8) is 0 Å². The Morgan fingerprint density at radius 2 is 1.03 bits per heavy atom. The minimum atomic E-state index is -0.833. The number of imide groups is 1. The van der Waals surface area contributed by atoms with E-state index >= 15 is 0 Å². The second kappa shape index (κ2) is 84.4. The molecule has 1 rings (SSSR count). The van der Waals surface area contributed by atoms with Gasteiger partial charge in [0.25, 0.3) is 11.8 Å². The molecule has 18 heteroatoms. The van der Waals surface area contributed by atoms with E-state index in [4.69, 9.17) is 4.74 Å². The topological polar surface area (TPSA) is 195 Å². The Bertz CT molecular complexity index is 844. The molecular formula is C40H71NO17. The van der Waals surface area contributed by atoms with Crippen molar-refractivity contribution >= 4 is 17.6 Å². The normalized spacial score (nSPS) is 10.5. The van der Waals surface area contributed by atoms with E-state index in [1.54, 1.807) is 6.92 Å². The lowest BCUT2D eigenvalue weighted by molar-refractivity contribution is -0.853. The summed E-state index contributed by atoms with van der Waals surface area (Å²) >= 11 is 0. The molecule has 0 aromatic carbocycles. The quantitative estimate of drug-likeness (QED) is 0.0216. The van der Waals surface area contributed by atoms with Crippen molar-refractivity contribution in [2.45, 2.75) is 39.0 Å². The van der Waals surface area contributed by atoms with Crippen molar-refractivity contribution in [2.24, 2.45) is 5.41 Å². The maximum atomic E-state index is 12.3. The van der Waals surface area contributed by atoms with E-state index in [9.17, 15) is 19.5 Å². The summed E-state index contributed by atoms with van der Waals surface area (Å²) < 4.78 is 9.87. The largest absolute Gasteiger partial charge is 0.497 e. The predicted molar refractivity (Wildman–Crippen MR) is 225 cm³/mol. The summed E-state index contributed by atoms with van der Waals surface area (Å²) in [6, 6.07) is 0. The number of hydrogen-bond donors (Lipinski definition) is 1. The molecule has 338 valence electrons. The molecule has 1 heterocycles. The lowest BCUT2D eigenvalue weighted by atomic mass is 9.85. The van der Waals surface area contributed by atoms with Crippen LogP contribution in [-0.2, 0) is 79.0 Å². The fourth-order valence-electron chi connectivity index (χ4n) is 2.74. The third-order valence-electron chi connectivity index (χ3n) is 4.56. The Kier molecular flexibility index (Phi) is 113. The molecule has 1 aliphatic rings. The zero-order chi connectivity index (χ0) is 47.9. The number of ketones is 1. The van der Waals surface area contributed by atoms with Gasteiger partial charge in [-0.15, -0.1) is 132 Å². The summed E-state index contributed by atoms with van der Waals surface area (Å²) in [6.07, 6.45) is 6.70. The second-order valence-corrected chi connectivity index (χ2v) is 7.76. The summed E-state index contributed by atoms with van der Waals surface area (Å²) in [4.78, 5) is 45.1. The molecule has 0 radical (unpaired) electrons. The molecule has 1 atom stereocenters.